The standard InChI is InChI=1S/C30H35ClN2O4/c1-4-36-27-17-15-23(20-28(27)37-5-2)16-18-29(34)33(21-24-13-9-10-14-25(24)31)26(30(35)32-3)19-22-11-7-6-8-12-22/h6-15,17,20,26H,4-5,16,18-19,21H2,1-3H3,(H,32,35). The van der Waals surface area contributed by atoms with Crippen LogP contribution in [0.2, 0.25) is 5.02 Å². The predicted molar refractivity (Wildman–Crippen MR) is 147 cm³/mol. The lowest BCUT2D eigenvalue weighted by molar-refractivity contribution is -0.141. The van der Waals surface area contributed by atoms with Crippen LogP contribution in [-0.4, -0.2) is 43.0 Å². The maximum atomic E-state index is 13.7. The van der Waals surface area contributed by atoms with Gasteiger partial charge in [0, 0.05) is 31.5 Å². The molecule has 0 fully saturated rings. The number of halogens is 1. The molecule has 0 radical (unpaired) electrons. The monoisotopic (exact) mass is 522 g/mol. The number of benzene rings is 3. The van der Waals surface area contributed by atoms with Crippen molar-refractivity contribution in [3.8, 4) is 11.5 Å². The zero-order valence-corrected chi connectivity index (χ0v) is 22.5. The molecule has 0 saturated carbocycles. The quantitative estimate of drug-likeness (QED) is 0.324. The van der Waals surface area contributed by atoms with E-state index in [1.807, 2.05) is 80.6 Å². The molecule has 7 heteroatoms. The maximum Gasteiger partial charge on any atom is 0.242 e. The Hall–Kier alpha value is -3.51. The highest BCUT2D eigenvalue weighted by molar-refractivity contribution is 6.31. The van der Waals surface area contributed by atoms with Gasteiger partial charge in [-0.3, -0.25) is 9.59 Å². The predicted octanol–water partition coefficient (Wildman–Crippen LogP) is 5.46. The molecule has 0 heterocycles. The molecule has 2 amide bonds. The van der Waals surface area contributed by atoms with Crippen LogP contribution in [0.15, 0.2) is 72.8 Å². The first kappa shape index (κ1) is 28.1. The summed E-state index contributed by atoms with van der Waals surface area (Å²) >= 11 is 6.45. The number of rotatable bonds is 13. The summed E-state index contributed by atoms with van der Waals surface area (Å²) in [6, 6.07) is 22.2. The number of nitrogens with zero attached hydrogens (tertiary/aromatic N) is 1. The lowest BCUT2D eigenvalue weighted by Crippen LogP contribution is -2.49. The van der Waals surface area contributed by atoms with Crippen LogP contribution in [0.25, 0.3) is 0 Å². The summed E-state index contributed by atoms with van der Waals surface area (Å²) in [5.74, 6) is 0.997. The number of amides is 2. The van der Waals surface area contributed by atoms with Gasteiger partial charge in [-0.25, -0.2) is 0 Å². The van der Waals surface area contributed by atoms with Crippen LogP contribution < -0.4 is 14.8 Å². The Morgan fingerprint density at radius 1 is 0.892 bits per heavy atom. The Balaban J connectivity index is 1.87. The molecule has 0 aromatic heterocycles. The Morgan fingerprint density at radius 3 is 2.24 bits per heavy atom. The second-order valence-electron chi connectivity index (χ2n) is 8.58. The molecule has 0 aliphatic carbocycles. The van der Waals surface area contributed by atoms with Crippen molar-refractivity contribution >= 4 is 23.4 Å². The Bertz CT molecular complexity index is 1170. The molecule has 1 atom stereocenters. The van der Waals surface area contributed by atoms with E-state index in [-0.39, 0.29) is 24.8 Å². The number of carbonyl (C=O) groups excluding carboxylic acids is 2. The molecule has 0 aliphatic heterocycles. The van der Waals surface area contributed by atoms with Crippen LogP contribution in [0.3, 0.4) is 0 Å². The van der Waals surface area contributed by atoms with Crippen molar-refractivity contribution in [2.75, 3.05) is 20.3 Å². The maximum absolute atomic E-state index is 13.7. The average Bonchev–Trinajstić information content (AvgIpc) is 2.92. The van der Waals surface area contributed by atoms with E-state index in [0.717, 1.165) is 16.7 Å². The lowest BCUT2D eigenvalue weighted by atomic mass is 10.0. The number of hydrogen-bond acceptors (Lipinski definition) is 4. The highest BCUT2D eigenvalue weighted by Crippen LogP contribution is 2.29. The fourth-order valence-electron chi connectivity index (χ4n) is 4.18. The molecule has 37 heavy (non-hydrogen) atoms. The summed E-state index contributed by atoms with van der Waals surface area (Å²) in [6.45, 7) is 5.13. The average molecular weight is 523 g/mol. The first-order valence-corrected chi connectivity index (χ1v) is 13.0. The molecule has 196 valence electrons. The number of hydrogen-bond donors (Lipinski definition) is 1. The van der Waals surface area contributed by atoms with Crippen molar-refractivity contribution in [3.05, 3.63) is 94.5 Å². The molecule has 3 aromatic carbocycles. The van der Waals surface area contributed by atoms with Crippen LogP contribution in [0, 0.1) is 0 Å². The van der Waals surface area contributed by atoms with E-state index in [1.165, 1.54) is 0 Å². The van der Waals surface area contributed by atoms with Crippen LogP contribution in [-0.2, 0) is 29.0 Å². The summed E-state index contributed by atoms with van der Waals surface area (Å²) in [6.07, 6.45) is 1.12. The minimum atomic E-state index is -0.685. The van der Waals surface area contributed by atoms with Crippen LogP contribution in [0.5, 0.6) is 11.5 Å². The van der Waals surface area contributed by atoms with Crippen molar-refractivity contribution < 1.29 is 19.1 Å². The first-order valence-electron chi connectivity index (χ1n) is 12.6. The number of aryl methyl sites for hydroxylation is 1. The largest absolute Gasteiger partial charge is 0.490 e. The van der Waals surface area contributed by atoms with Gasteiger partial charge in [-0.05, 0) is 55.2 Å². The molecular formula is C30H35ClN2O4. The second kappa shape index (κ2) is 14.3. The fraction of sp³-hybridized carbons (Fsp3) is 0.333. The van der Waals surface area contributed by atoms with E-state index < -0.39 is 6.04 Å². The van der Waals surface area contributed by atoms with Crippen molar-refractivity contribution in [2.24, 2.45) is 0 Å². The minimum Gasteiger partial charge on any atom is -0.490 e. The van der Waals surface area contributed by atoms with E-state index >= 15 is 0 Å². The first-order chi connectivity index (χ1) is 18.0. The zero-order chi connectivity index (χ0) is 26.6. The van der Waals surface area contributed by atoms with Gasteiger partial charge in [0.05, 0.1) is 13.2 Å². The van der Waals surface area contributed by atoms with E-state index in [2.05, 4.69) is 5.32 Å². The van der Waals surface area contributed by atoms with Crippen LogP contribution >= 0.6 is 11.6 Å². The third-order valence-electron chi connectivity index (χ3n) is 6.05. The van der Waals surface area contributed by atoms with Gasteiger partial charge in [0.15, 0.2) is 11.5 Å². The molecule has 1 unspecified atom stereocenters. The highest BCUT2D eigenvalue weighted by Gasteiger charge is 2.30. The van der Waals surface area contributed by atoms with Gasteiger partial charge in [0.1, 0.15) is 6.04 Å². The molecule has 0 aliphatic rings. The number of ether oxygens (including phenoxy) is 2. The minimum absolute atomic E-state index is 0.128. The van der Waals surface area contributed by atoms with E-state index in [1.54, 1.807) is 18.0 Å². The number of likely N-dealkylation sites (N-methyl/N-ethyl adjacent to an activating group) is 1. The van der Waals surface area contributed by atoms with Crippen LogP contribution in [0.4, 0.5) is 0 Å². The summed E-state index contributed by atoms with van der Waals surface area (Å²) < 4.78 is 11.4. The van der Waals surface area contributed by atoms with Gasteiger partial charge in [0.25, 0.3) is 0 Å². The summed E-state index contributed by atoms with van der Waals surface area (Å²) in [5, 5.41) is 3.30. The Labute approximate surface area is 224 Å². The molecule has 0 bridgehead atoms. The molecule has 0 saturated heterocycles. The fourth-order valence-corrected chi connectivity index (χ4v) is 4.37. The normalized spacial score (nSPS) is 11.5. The Morgan fingerprint density at radius 2 is 1.57 bits per heavy atom. The molecule has 3 aromatic rings. The van der Waals surface area contributed by atoms with Gasteiger partial charge < -0.3 is 19.7 Å². The Kier molecular flexibility index (Phi) is 10.8. The molecule has 6 nitrogen and oxygen atoms in total. The van der Waals surface area contributed by atoms with Crippen molar-refractivity contribution in [1.29, 1.82) is 0 Å². The molecule has 0 spiro atoms. The lowest BCUT2D eigenvalue weighted by Gasteiger charge is -2.31. The molecule has 1 N–H and O–H groups in total. The van der Waals surface area contributed by atoms with E-state index in [9.17, 15) is 9.59 Å². The smallest absolute Gasteiger partial charge is 0.242 e. The highest BCUT2D eigenvalue weighted by atomic mass is 35.5. The van der Waals surface area contributed by atoms with Crippen molar-refractivity contribution in [3.63, 3.8) is 0 Å². The summed E-state index contributed by atoms with van der Waals surface area (Å²) in [7, 11) is 1.59. The third-order valence-corrected chi connectivity index (χ3v) is 6.42. The number of nitrogens with one attached hydrogen (secondary N) is 1. The van der Waals surface area contributed by atoms with Crippen molar-refractivity contribution in [2.45, 2.75) is 45.7 Å². The molecular weight excluding hydrogens is 488 g/mol. The summed E-state index contributed by atoms with van der Waals surface area (Å²) in [4.78, 5) is 28.4. The van der Waals surface area contributed by atoms with E-state index in [4.69, 9.17) is 21.1 Å². The van der Waals surface area contributed by atoms with Gasteiger partial charge in [-0.1, -0.05) is 66.2 Å². The van der Waals surface area contributed by atoms with Gasteiger partial charge in [-0.2, -0.15) is 0 Å². The third kappa shape index (κ3) is 7.99. The van der Waals surface area contributed by atoms with E-state index in [0.29, 0.717) is 42.6 Å². The SMILES string of the molecule is CCOc1ccc(CCC(=O)N(Cc2ccccc2Cl)C(Cc2ccccc2)C(=O)NC)cc1OCC. The van der Waals surface area contributed by atoms with Gasteiger partial charge >= 0.3 is 0 Å². The summed E-state index contributed by atoms with van der Waals surface area (Å²) in [5.41, 5.74) is 2.72. The second-order valence-corrected chi connectivity index (χ2v) is 8.99. The molecule has 3 rings (SSSR count). The van der Waals surface area contributed by atoms with Crippen LogP contribution in [0.1, 0.15) is 37.0 Å². The zero-order valence-electron chi connectivity index (χ0n) is 21.7. The number of carbonyl (C=O) groups is 2. The van der Waals surface area contributed by atoms with Gasteiger partial charge in [-0.15, -0.1) is 0 Å². The topological polar surface area (TPSA) is 67.9 Å². The van der Waals surface area contributed by atoms with Gasteiger partial charge in [0.2, 0.25) is 11.8 Å². The van der Waals surface area contributed by atoms with Crippen molar-refractivity contribution in [1.82, 2.24) is 10.2 Å².